The van der Waals surface area contributed by atoms with Crippen molar-refractivity contribution in [2.45, 2.75) is 19.0 Å². The SMILES string of the molecule is COC(=O)[C@@H]1Cc2ccc(C=O)cc2CN1C(=O)/C=C/c1ccco1. The molecule has 1 aromatic carbocycles. The topological polar surface area (TPSA) is 76.8 Å². The average Bonchev–Trinajstić information content (AvgIpc) is 3.17. The molecule has 25 heavy (non-hydrogen) atoms. The molecule has 0 bridgehead atoms. The zero-order valence-corrected chi connectivity index (χ0v) is 13.7. The normalized spacial score (nSPS) is 16.5. The molecule has 0 aliphatic carbocycles. The van der Waals surface area contributed by atoms with Crippen molar-refractivity contribution in [3.63, 3.8) is 0 Å². The Kier molecular flexibility index (Phi) is 4.79. The van der Waals surface area contributed by atoms with Crippen molar-refractivity contribution in [3.8, 4) is 0 Å². The number of rotatable bonds is 4. The predicted molar refractivity (Wildman–Crippen MR) is 89.6 cm³/mol. The second-order valence-electron chi connectivity index (χ2n) is 5.70. The minimum atomic E-state index is -0.701. The fraction of sp³-hybridized carbons (Fsp3) is 0.211. The van der Waals surface area contributed by atoms with Crippen LogP contribution in [0.1, 0.15) is 27.2 Å². The number of ether oxygens (including phenoxy) is 1. The summed E-state index contributed by atoms with van der Waals surface area (Å²) in [6.45, 7) is 0.234. The lowest BCUT2D eigenvalue weighted by Gasteiger charge is -2.34. The fourth-order valence-corrected chi connectivity index (χ4v) is 2.89. The van der Waals surface area contributed by atoms with Gasteiger partial charge in [0.15, 0.2) is 0 Å². The van der Waals surface area contributed by atoms with E-state index in [0.717, 1.165) is 17.4 Å². The van der Waals surface area contributed by atoms with E-state index in [9.17, 15) is 14.4 Å². The van der Waals surface area contributed by atoms with Crippen molar-refractivity contribution in [2.24, 2.45) is 0 Å². The number of amides is 1. The smallest absolute Gasteiger partial charge is 0.328 e. The highest BCUT2D eigenvalue weighted by Crippen LogP contribution is 2.25. The molecule has 0 saturated carbocycles. The summed E-state index contributed by atoms with van der Waals surface area (Å²) in [5.41, 5.74) is 2.32. The second-order valence-corrected chi connectivity index (χ2v) is 5.70. The standard InChI is InChI=1S/C19H17NO5/c1-24-19(23)17-10-14-5-4-13(12-21)9-15(14)11-20(17)18(22)7-6-16-3-2-8-25-16/h2-9,12,17H,10-11H2,1H3/b7-6+/t17-/m0/s1. The van der Waals surface area contributed by atoms with E-state index in [2.05, 4.69) is 0 Å². The summed E-state index contributed by atoms with van der Waals surface area (Å²) in [4.78, 5) is 37.2. The molecule has 3 rings (SSSR count). The molecule has 6 heteroatoms. The van der Waals surface area contributed by atoms with Crippen molar-refractivity contribution < 1.29 is 23.5 Å². The van der Waals surface area contributed by atoms with Crippen LogP contribution in [-0.2, 0) is 27.3 Å². The molecule has 1 amide bonds. The van der Waals surface area contributed by atoms with Gasteiger partial charge < -0.3 is 14.1 Å². The van der Waals surface area contributed by atoms with Crippen LogP contribution in [-0.4, -0.2) is 36.2 Å². The summed E-state index contributed by atoms with van der Waals surface area (Å²) >= 11 is 0. The molecule has 1 aliphatic heterocycles. The van der Waals surface area contributed by atoms with Crippen LogP contribution in [0, 0.1) is 0 Å². The maximum atomic E-state index is 12.6. The fourth-order valence-electron chi connectivity index (χ4n) is 2.89. The zero-order chi connectivity index (χ0) is 17.8. The summed E-state index contributed by atoms with van der Waals surface area (Å²) in [7, 11) is 1.30. The molecule has 2 aromatic rings. The number of hydrogen-bond donors (Lipinski definition) is 0. The summed E-state index contributed by atoms with van der Waals surface area (Å²) in [5, 5.41) is 0. The third-order valence-corrected chi connectivity index (χ3v) is 4.19. The lowest BCUT2D eigenvalue weighted by Crippen LogP contribution is -2.48. The lowest BCUT2D eigenvalue weighted by atomic mass is 9.92. The number of aldehydes is 1. The molecule has 128 valence electrons. The maximum absolute atomic E-state index is 12.6. The first-order valence-electron chi connectivity index (χ1n) is 7.79. The number of hydrogen-bond acceptors (Lipinski definition) is 5. The van der Waals surface area contributed by atoms with E-state index in [-0.39, 0.29) is 12.5 Å². The number of esters is 1. The predicted octanol–water partition coefficient (Wildman–Crippen LogP) is 2.23. The van der Waals surface area contributed by atoms with Gasteiger partial charge in [-0.25, -0.2) is 4.79 Å². The minimum absolute atomic E-state index is 0.234. The Morgan fingerprint density at radius 2 is 2.12 bits per heavy atom. The number of furan rings is 1. The Morgan fingerprint density at radius 3 is 2.80 bits per heavy atom. The van der Waals surface area contributed by atoms with Crippen molar-refractivity contribution in [1.82, 2.24) is 4.90 Å². The van der Waals surface area contributed by atoms with E-state index in [1.807, 2.05) is 6.07 Å². The number of nitrogens with zero attached hydrogens (tertiary/aromatic N) is 1. The average molecular weight is 339 g/mol. The summed E-state index contributed by atoms with van der Waals surface area (Å²) < 4.78 is 10.0. The summed E-state index contributed by atoms with van der Waals surface area (Å²) in [6, 6.07) is 8.01. The van der Waals surface area contributed by atoms with Crippen molar-refractivity contribution in [1.29, 1.82) is 0 Å². The Morgan fingerprint density at radius 1 is 1.28 bits per heavy atom. The molecule has 0 radical (unpaired) electrons. The third kappa shape index (κ3) is 3.52. The molecule has 0 spiro atoms. The van der Waals surface area contributed by atoms with Gasteiger partial charge in [-0.2, -0.15) is 0 Å². The maximum Gasteiger partial charge on any atom is 0.328 e. The molecule has 2 heterocycles. The monoisotopic (exact) mass is 339 g/mol. The van der Waals surface area contributed by atoms with Gasteiger partial charge in [-0.05, 0) is 35.4 Å². The zero-order valence-electron chi connectivity index (χ0n) is 13.7. The first kappa shape index (κ1) is 16.7. The Labute approximate surface area is 144 Å². The second kappa shape index (κ2) is 7.17. The number of fused-ring (bicyclic) bond motifs is 1. The first-order chi connectivity index (χ1) is 12.1. The molecular formula is C19H17NO5. The minimum Gasteiger partial charge on any atom is -0.467 e. The quantitative estimate of drug-likeness (QED) is 0.485. The van der Waals surface area contributed by atoms with Crippen LogP contribution in [0.2, 0.25) is 0 Å². The van der Waals surface area contributed by atoms with Crippen LogP contribution in [0.3, 0.4) is 0 Å². The third-order valence-electron chi connectivity index (χ3n) is 4.19. The van der Waals surface area contributed by atoms with E-state index < -0.39 is 12.0 Å². The van der Waals surface area contributed by atoms with Crippen LogP contribution in [0.25, 0.3) is 6.08 Å². The highest BCUT2D eigenvalue weighted by Gasteiger charge is 2.34. The van der Waals surface area contributed by atoms with E-state index in [1.165, 1.54) is 24.3 Å². The molecule has 1 atom stereocenters. The summed E-state index contributed by atoms with van der Waals surface area (Å²) in [5.74, 6) is -0.248. The van der Waals surface area contributed by atoms with Gasteiger partial charge in [0.2, 0.25) is 5.91 Å². The molecule has 0 fully saturated rings. The summed E-state index contributed by atoms with van der Waals surface area (Å²) in [6.07, 6.45) is 5.54. The molecular weight excluding hydrogens is 322 g/mol. The Bertz CT molecular complexity index is 822. The van der Waals surface area contributed by atoms with Gasteiger partial charge in [0.25, 0.3) is 0 Å². The first-order valence-corrected chi connectivity index (χ1v) is 7.79. The Balaban J connectivity index is 1.89. The van der Waals surface area contributed by atoms with Gasteiger partial charge in [0.1, 0.15) is 18.1 Å². The largest absolute Gasteiger partial charge is 0.467 e. The van der Waals surface area contributed by atoms with Crippen LogP contribution in [0.4, 0.5) is 0 Å². The van der Waals surface area contributed by atoms with Gasteiger partial charge in [0.05, 0.1) is 13.4 Å². The highest BCUT2D eigenvalue weighted by molar-refractivity contribution is 5.95. The van der Waals surface area contributed by atoms with E-state index in [4.69, 9.17) is 9.15 Å². The van der Waals surface area contributed by atoms with Crippen LogP contribution < -0.4 is 0 Å². The number of methoxy groups -OCH3 is 1. The molecule has 0 N–H and O–H groups in total. The van der Waals surface area contributed by atoms with E-state index >= 15 is 0 Å². The van der Waals surface area contributed by atoms with E-state index in [0.29, 0.717) is 17.7 Å². The molecule has 1 aromatic heterocycles. The van der Waals surface area contributed by atoms with Crippen molar-refractivity contribution in [2.75, 3.05) is 7.11 Å². The lowest BCUT2D eigenvalue weighted by molar-refractivity contribution is -0.152. The van der Waals surface area contributed by atoms with Gasteiger partial charge in [0, 0.05) is 24.6 Å². The van der Waals surface area contributed by atoms with Gasteiger partial charge >= 0.3 is 5.97 Å². The van der Waals surface area contributed by atoms with Crippen LogP contribution >= 0.6 is 0 Å². The van der Waals surface area contributed by atoms with Gasteiger partial charge in [-0.3, -0.25) is 9.59 Å². The molecule has 0 saturated heterocycles. The van der Waals surface area contributed by atoms with Gasteiger partial charge in [-0.15, -0.1) is 0 Å². The van der Waals surface area contributed by atoms with Crippen LogP contribution in [0.5, 0.6) is 0 Å². The number of carbonyl (C=O) groups excluding carboxylic acids is 3. The number of carbonyl (C=O) groups is 3. The Hall–Kier alpha value is -3.15. The number of benzene rings is 1. The van der Waals surface area contributed by atoms with Gasteiger partial charge in [-0.1, -0.05) is 12.1 Å². The molecule has 0 unspecified atom stereocenters. The molecule has 1 aliphatic rings. The molecule has 6 nitrogen and oxygen atoms in total. The van der Waals surface area contributed by atoms with Crippen LogP contribution in [0.15, 0.2) is 47.1 Å². The van der Waals surface area contributed by atoms with Crippen molar-refractivity contribution >= 4 is 24.2 Å². The highest BCUT2D eigenvalue weighted by atomic mass is 16.5. The van der Waals surface area contributed by atoms with E-state index in [1.54, 1.807) is 30.3 Å². The van der Waals surface area contributed by atoms with Crippen molar-refractivity contribution in [3.05, 3.63) is 65.1 Å².